The molecule has 77 heavy (non-hydrogen) atoms. The molecule has 5 amide bonds. The molecule has 0 radical (unpaired) electrons. The molecule has 0 spiro atoms. The molecule has 2 saturated heterocycles. The van der Waals surface area contributed by atoms with Crippen LogP contribution in [0.2, 0.25) is 0 Å². The zero-order chi connectivity index (χ0) is 54.2. The number of anilines is 2. The Hall–Kier alpha value is -4.92. The molecule has 3 aromatic rings. The Kier molecular flexibility index (Phi) is 32.9. The SMILES string of the molecule is Cn1cnc2c(NCc3ccccc3)nc(NCCOCCOCCOCCOCCOCCOCCOCCOCCNC(=O)CCCCCNC(=O)CCCCCNC(=O)CCCC[C@@H]3SC[C@@H]4NC(=O)N[C@@H]43)nc21. The molecular formula is C53H87N11O12S. The maximum atomic E-state index is 12.2. The Morgan fingerprint density at radius 2 is 1.08 bits per heavy atom. The number of amides is 5. The van der Waals surface area contributed by atoms with Gasteiger partial charge >= 0.3 is 6.03 Å². The molecule has 2 aliphatic heterocycles. The highest BCUT2D eigenvalue weighted by atomic mass is 32.2. The lowest BCUT2D eigenvalue weighted by Gasteiger charge is -2.16. The summed E-state index contributed by atoms with van der Waals surface area (Å²) in [5.41, 5.74) is 2.61. The summed E-state index contributed by atoms with van der Waals surface area (Å²) in [6, 6.07) is 10.5. The lowest BCUT2D eigenvalue weighted by molar-refractivity contribution is -0.122. The lowest BCUT2D eigenvalue weighted by Crippen LogP contribution is -2.36. The number of benzene rings is 1. The quantitative estimate of drug-likeness (QED) is 0.0314. The van der Waals surface area contributed by atoms with Crippen LogP contribution >= 0.6 is 11.8 Å². The Bertz CT molecular complexity index is 2080. The Morgan fingerprint density at radius 3 is 1.62 bits per heavy atom. The summed E-state index contributed by atoms with van der Waals surface area (Å²) >= 11 is 1.90. The average Bonchev–Trinajstić information content (AvgIpc) is 4.13. The van der Waals surface area contributed by atoms with Gasteiger partial charge in [-0.1, -0.05) is 49.6 Å². The molecule has 0 bridgehead atoms. The molecular weight excluding hydrogens is 1010 g/mol. The molecule has 24 heteroatoms. The number of imidazole rings is 1. The predicted molar refractivity (Wildman–Crippen MR) is 295 cm³/mol. The molecule has 0 aliphatic carbocycles. The number of nitrogens with one attached hydrogen (secondary N) is 7. The van der Waals surface area contributed by atoms with Gasteiger partial charge in [0.05, 0.1) is 124 Å². The fraction of sp³-hybridized carbons (Fsp3) is 0.717. The van der Waals surface area contributed by atoms with Crippen LogP contribution in [0.3, 0.4) is 0 Å². The van der Waals surface area contributed by atoms with E-state index in [0.717, 1.165) is 80.3 Å². The summed E-state index contributed by atoms with van der Waals surface area (Å²) in [6.45, 7) is 10.2. The van der Waals surface area contributed by atoms with E-state index in [4.69, 9.17) is 37.9 Å². The molecule has 5 rings (SSSR count). The monoisotopic (exact) mass is 1100 g/mol. The third kappa shape index (κ3) is 28.0. The van der Waals surface area contributed by atoms with E-state index in [-0.39, 0.29) is 35.8 Å². The second-order valence-electron chi connectivity index (χ2n) is 18.6. The van der Waals surface area contributed by atoms with Gasteiger partial charge in [-0.05, 0) is 44.1 Å². The standard InChI is InChI=1S/C53H87N11O12S/c1-64-41-59-49-50(58-39-42-13-5-2-6-14-42)62-52(63-51(49)64)57-22-24-70-26-28-72-30-32-74-34-36-76-38-37-75-35-33-73-31-29-71-27-25-69-23-21-56-47(67)17-8-4-12-19-54-45(65)16-7-3-11-20-55-46(66)18-10-9-15-44-48-43(40-77-44)60-53(68)61-48/h2,5-6,13-14,41,43-44,48H,3-4,7-12,15-40H2,1H3,(H,54,65)(H,55,66)(H,56,67)(H2,60,61,68)(H2,57,58,62,63)/t43-,44-,48-/m0/s1. The normalized spacial score (nSPS) is 15.8. The van der Waals surface area contributed by atoms with Crippen LogP contribution in [0.25, 0.3) is 11.2 Å². The molecule has 23 nitrogen and oxygen atoms in total. The number of urea groups is 1. The molecule has 0 saturated carbocycles. The molecule has 4 heterocycles. The minimum absolute atomic E-state index is 0.00622. The number of thioether (sulfide) groups is 1. The van der Waals surface area contributed by atoms with E-state index >= 15 is 0 Å². The highest BCUT2D eigenvalue weighted by molar-refractivity contribution is 8.00. The average molecular weight is 1100 g/mol. The topological polar surface area (TPSA) is 270 Å². The van der Waals surface area contributed by atoms with Gasteiger partial charge in [-0.3, -0.25) is 14.4 Å². The number of carbonyl (C=O) groups excluding carboxylic acids is 4. The number of rotatable bonds is 48. The van der Waals surface area contributed by atoms with E-state index in [0.29, 0.717) is 175 Å². The smallest absolute Gasteiger partial charge is 0.315 e. The number of fused-ring (bicyclic) bond motifs is 2. The maximum absolute atomic E-state index is 12.2. The van der Waals surface area contributed by atoms with Crippen LogP contribution in [0.4, 0.5) is 16.6 Å². The van der Waals surface area contributed by atoms with E-state index in [1.54, 1.807) is 6.33 Å². The van der Waals surface area contributed by atoms with Gasteiger partial charge in [0.1, 0.15) is 0 Å². The lowest BCUT2D eigenvalue weighted by atomic mass is 10.0. The number of aryl methyl sites for hydroxylation is 1. The second-order valence-corrected chi connectivity index (χ2v) is 19.9. The van der Waals surface area contributed by atoms with Crippen molar-refractivity contribution in [1.82, 2.24) is 46.1 Å². The number of hydrogen-bond acceptors (Lipinski definition) is 18. The molecule has 1 aromatic carbocycles. The van der Waals surface area contributed by atoms with Crippen LogP contribution < -0.4 is 37.2 Å². The fourth-order valence-electron chi connectivity index (χ4n) is 8.30. The van der Waals surface area contributed by atoms with Gasteiger partial charge in [-0.15, -0.1) is 0 Å². The molecule has 3 atom stereocenters. The first-order chi connectivity index (χ1) is 37.9. The number of hydrogen-bond donors (Lipinski definition) is 7. The van der Waals surface area contributed by atoms with E-state index in [9.17, 15) is 19.2 Å². The summed E-state index contributed by atoms with van der Waals surface area (Å²) in [6.07, 6.45) is 11.0. The number of aromatic nitrogens is 4. The second kappa shape index (κ2) is 40.3. The molecule has 432 valence electrons. The van der Waals surface area contributed by atoms with Crippen LogP contribution in [0, 0.1) is 0 Å². The Balaban J connectivity index is 0.664. The summed E-state index contributed by atoms with van der Waals surface area (Å²) in [5, 5.41) is 21.8. The Morgan fingerprint density at radius 1 is 0.584 bits per heavy atom. The summed E-state index contributed by atoms with van der Waals surface area (Å²) in [5.74, 6) is 2.25. The molecule has 0 unspecified atom stereocenters. The first-order valence-corrected chi connectivity index (χ1v) is 28.7. The van der Waals surface area contributed by atoms with E-state index in [2.05, 4.69) is 64.3 Å². The van der Waals surface area contributed by atoms with Gasteiger partial charge in [-0.2, -0.15) is 21.7 Å². The first kappa shape index (κ1) is 62.9. The number of carbonyl (C=O) groups is 4. The highest BCUT2D eigenvalue weighted by Crippen LogP contribution is 2.33. The summed E-state index contributed by atoms with van der Waals surface area (Å²) < 4.78 is 46.4. The van der Waals surface area contributed by atoms with Crippen LogP contribution in [-0.4, -0.2) is 198 Å². The highest BCUT2D eigenvalue weighted by Gasteiger charge is 2.42. The maximum Gasteiger partial charge on any atom is 0.315 e. The zero-order valence-electron chi connectivity index (χ0n) is 45.3. The van der Waals surface area contributed by atoms with Crippen molar-refractivity contribution >= 4 is 58.4 Å². The van der Waals surface area contributed by atoms with E-state index < -0.39 is 0 Å². The van der Waals surface area contributed by atoms with Crippen molar-refractivity contribution in [2.75, 3.05) is 148 Å². The van der Waals surface area contributed by atoms with Crippen molar-refractivity contribution in [3.63, 3.8) is 0 Å². The van der Waals surface area contributed by atoms with Crippen molar-refractivity contribution in [2.45, 2.75) is 101 Å². The zero-order valence-corrected chi connectivity index (χ0v) is 46.2. The van der Waals surface area contributed by atoms with Gasteiger partial charge in [-0.25, -0.2) is 9.78 Å². The molecule has 2 aliphatic rings. The minimum Gasteiger partial charge on any atom is -0.377 e. The van der Waals surface area contributed by atoms with Crippen molar-refractivity contribution in [3.8, 4) is 0 Å². The predicted octanol–water partition coefficient (Wildman–Crippen LogP) is 3.72. The molecule has 2 aromatic heterocycles. The van der Waals surface area contributed by atoms with Crippen LogP contribution in [0.5, 0.6) is 0 Å². The largest absolute Gasteiger partial charge is 0.377 e. The molecule has 7 N–H and O–H groups in total. The number of unbranched alkanes of at least 4 members (excludes halogenated alkanes) is 5. The fourth-order valence-corrected chi connectivity index (χ4v) is 9.84. The van der Waals surface area contributed by atoms with Gasteiger partial charge in [0.15, 0.2) is 17.0 Å². The number of nitrogens with zero attached hydrogens (tertiary/aromatic N) is 4. The third-order valence-electron chi connectivity index (χ3n) is 12.5. The van der Waals surface area contributed by atoms with E-state index in [1.807, 2.05) is 41.6 Å². The van der Waals surface area contributed by atoms with Crippen molar-refractivity contribution in [2.24, 2.45) is 7.05 Å². The van der Waals surface area contributed by atoms with E-state index in [1.165, 1.54) is 0 Å². The van der Waals surface area contributed by atoms with Crippen LogP contribution in [0.15, 0.2) is 36.7 Å². The Labute approximate surface area is 458 Å². The third-order valence-corrected chi connectivity index (χ3v) is 14.0. The van der Waals surface area contributed by atoms with Gasteiger partial charge in [0.25, 0.3) is 0 Å². The first-order valence-electron chi connectivity index (χ1n) is 27.7. The minimum atomic E-state index is -0.0657. The number of ether oxygens (including phenoxy) is 8. The van der Waals surface area contributed by atoms with Gasteiger partial charge in [0.2, 0.25) is 23.7 Å². The van der Waals surface area contributed by atoms with Gasteiger partial charge < -0.3 is 79.7 Å². The molecule has 2 fully saturated rings. The van der Waals surface area contributed by atoms with Crippen molar-refractivity contribution < 1.29 is 57.1 Å². The van der Waals surface area contributed by atoms with Gasteiger partial charge in [0, 0.05) is 70.0 Å². The summed E-state index contributed by atoms with van der Waals surface area (Å²) in [4.78, 5) is 61.7. The summed E-state index contributed by atoms with van der Waals surface area (Å²) in [7, 11) is 1.91. The van der Waals surface area contributed by atoms with Crippen molar-refractivity contribution in [1.29, 1.82) is 0 Å². The van der Waals surface area contributed by atoms with Crippen LogP contribution in [-0.2, 0) is 65.9 Å². The van der Waals surface area contributed by atoms with Crippen molar-refractivity contribution in [3.05, 3.63) is 42.2 Å². The van der Waals surface area contributed by atoms with Crippen LogP contribution in [0.1, 0.15) is 82.6 Å².